The van der Waals surface area contributed by atoms with E-state index in [0.29, 0.717) is 5.69 Å². The topological polar surface area (TPSA) is 42.2 Å². The number of aromatic nitrogens is 1. The van der Waals surface area contributed by atoms with Gasteiger partial charge in [0.05, 0.1) is 11.9 Å². The molecule has 0 radical (unpaired) electrons. The highest BCUT2D eigenvalue weighted by molar-refractivity contribution is 7.80. The molecule has 0 aliphatic heterocycles. The van der Waals surface area contributed by atoms with Crippen LogP contribution < -0.4 is 10.6 Å². The Hall–Kier alpha value is -2.08. The van der Waals surface area contributed by atoms with Gasteiger partial charge in [0.2, 0.25) is 0 Å². The van der Waals surface area contributed by atoms with Gasteiger partial charge in [0, 0.05) is 18.8 Å². The van der Waals surface area contributed by atoms with E-state index in [1.54, 1.807) is 25.4 Å². The number of thiocarbonyl (C=S) groups is 1. The van der Waals surface area contributed by atoms with Crippen molar-refractivity contribution in [2.45, 2.75) is 0 Å². The van der Waals surface area contributed by atoms with Crippen LogP contribution in [-0.4, -0.2) is 17.0 Å². The van der Waals surface area contributed by atoms with Crippen LogP contribution in [0.3, 0.4) is 0 Å². The van der Waals surface area contributed by atoms with Crippen molar-refractivity contribution in [2.24, 2.45) is 5.73 Å². The maximum atomic E-state index is 14.0. The van der Waals surface area contributed by atoms with Crippen LogP contribution in [0.25, 0.3) is 0 Å². The zero-order valence-electron chi connectivity index (χ0n) is 10.1. The van der Waals surface area contributed by atoms with E-state index in [9.17, 15) is 8.78 Å². The predicted molar refractivity (Wildman–Crippen MR) is 74.5 cm³/mol. The van der Waals surface area contributed by atoms with Crippen LogP contribution in [0.1, 0.15) is 5.56 Å². The van der Waals surface area contributed by atoms with Gasteiger partial charge in [-0.05, 0) is 24.3 Å². The largest absolute Gasteiger partial charge is 0.389 e. The number of halogens is 2. The molecule has 0 saturated heterocycles. The van der Waals surface area contributed by atoms with Gasteiger partial charge in [-0.25, -0.2) is 8.78 Å². The lowest BCUT2D eigenvalue weighted by molar-refractivity contribution is 0.583. The summed E-state index contributed by atoms with van der Waals surface area (Å²) in [5.41, 5.74) is 5.92. The van der Waals surface area contributed by atoms with Crippen molar-refractivity contribution in [3.05, 3.63) is 53.9 Å². The van der Waals surface area contributed by atoms with Crippen LogP contribution in [0.2, 0.25) is 0 Å². The molecular weight excluding hydrogens is 268 g/mol. The van der Waals surface area contributed by atoms with Crippen molar-refractivity contribution >= 4 is 28.6 Å². The third-order valence-electron chi connectivity index (χ3n) is 2.67. The molecule has 0 saturated carbocycles. The summed E-state index contributed by atoms with van der Waals surface area (Å²) in [5, 5.41) is 0. The van der Waals surface area contributed by atoms with Gasteiger partial charge in [0.1, 0.15) is 10.7 Å². The molecule has 0 fully saturated rings. The molecule has 1 heterocycles. The first-order valence-corrected chi connectivity index (χ1v) is 5.84. The van der Waals surface area contributed by atoms with Gasteiger partial charge in [-0.1, -0.05) is 12.2 Å². The van der Waals surface area contributed by atoms with Gasteiger partial charge in [0.25, 0.3) is 0 Å². The van der Waals surface area contributed by atoms with E-state index < -0.39 is 11.6 Å². The Balaban J connectivity index is 2.49. The van der Waals surface area contributed by atoms with Crippen LogP contribution in [0.5, 0.6) is 0 Å². The Labute approximate surface area is 114 Å². The molecule has 0 atom stereocenters. The first-order chi connectivity index (χ1) is 9.00. The summed E-state index contributed by atoms with van der Waals surface area (Å²) in [5.74, 6) is -1.46. The van der Waals surface area contributed by atoms with E-state index >= 15 is 0 Å². The highest BCUT2D eigenvalue weighted by Gasteiger charge is 2.17. The first-order valence-electron chi connectivity index (χ1n) is 5.43. The van der Waals surface area contributed by atoms with Gasteiger partial charge in [-0.2, -0.15) is 0 Å². The highest BCUT2D eigenvalue weighted by atomic mass is 32.1. The molecule has 98 valence electrons. The van der Waals surface area contributed by atoms with Crippen molar-refractivity contribution in [3.8, 4) is 0 Å². The number of nitrogens with zero attached hydrogens (tertiary/aromatic N) is 2. The Morgan fingerprint density at radius 3 is 2.42 bits per heavy atom. The third-order valence-corrected chi connectivity index (χ3v) is 2.91. The molecule has 2 aromatic rings. The molecule has 2 N–H and O–H groups in total. The standard InChI is InChI=1S/C13H11F2N3S/c1-18(9-3-2-4-17-7-9)12-10(14)5-8(13(16)19)6-11(12)15/h2-7H,1H3,(H2,16,19). The van der Waals surface area contributed by atoms with E-state index in [1.807, 2.05) is 0 Å². The zero-order chi connectivity index (χ0) is 14.0. The van der Waals surface area contributed by atoms with Gasteiger partial charge >= 0.3 is 0 Å². The van der Waals surface area contributed by atoms with Crippen LogP contribution in [0, 0.1) is 11.6 Å². The molecule has 6 heteroatoms. The summed E-state index contributed by atoms with van der Waals surface area (Å²) in [6, 6.07) is 5.62. The quantitative estimate of drug-likeness (QED) is 0.877. The molecule has 19 heavy (non-hydrogen) atoms. The Bertz CT molecular complexity index is 594. The van der Waals surface area contributed by atoms with Crippen LogP contribution in [-0.2, 0) is 0 Å². The molecule has 0 unspecified atom stereocenters. The highest BCUT2D eigenvalue weighted by Crippen LogP contribution is 2.29. The van der Waals surface area contributed by atoms with E-state index in [4.69, 9.17) is 18.0 Å². The smallest absolute Gasteiger partial charge is 0.150 e. The minimum absolute atomic E-state index is 0.0478. The van der Waals surface area contributed by atoms with Gasteiger partial charge in [-0.15, -0.1) is 0 Å². The summed E-state index contributed by atoms with van der Waals surface area (Å²) < 4.78 is 28.0. The second-order valence-corrected chi connectivity index (χ2v) is 4.36. The van der Waals surface area contributed by atoms with Gasteiger partial charge in [0.15, 0.2) is 11.6 Å². The number of hydrogen-bond acceptors (Lipinski definition) is 3. The fourth-order valence-electron chi connectivity index (χ4n) is 1.71. The minimum atomic E-state index is -0.728. The lowest BCUT2D eigenvalue weighted by atomic mass is 10.1. The second-order valence-electron chi connectivity index (χ2n) is 3.92. The molecule has 0 spiro atoms. The van der Waals surface area contributed by atoms with E-state index in [-0.39, 0.29) is 16.2 Å². The summed E-state index contributed by atoms with van der Waals surface area (Å²) in [4.78, 5) is 5.24. The second kappa shape index (κ2) is 5.27. The fourth-order valence-corrected chi connectivity index (χ4v) is 1.83. The van der Waals surface area contributed by atoms with Crippen LogP contribution in [0.15, 0.2) is 36.7 Å². The molecule has 0 bridgehead atoms. The average Bonchev–Trinajstić information content (AvgIpc) is 2.38. The van der Waals surface area contributed by atoms with Crippen LogP contribution >= 0.6 is 12.2 Å². The normalized spacial score (nSPS) is 10.3. The predicted octanol–water partition coefficient (Wildman–Crippen LogP) is 2.76. The average molecular weight is 279 g/mol. The van der Waals surface area contributed by atoms with Crippen molar-refractivity contribution in [1.29, 1.82) is 0 Å². The molecule has 0 aliphatic rings. The number of anilines is 2. The van der Waals surface area contributed by atoms with Crippen molar-refractivity contribution in [2.75, 3.05) is 11.9 Å². The van der Waals surface area contributed by atoms with Gasteiger partial charge in [-0.3, -0.25) is 4.98 Å². The molecule has 1 aromatic heterocycles. The first kappa shape index (κ1) is 13.4. The Morgan fingerprint density at radius 2 is 1.95 bits per heavy atom. The van der Waals surface area contributed by atoms with Gasteiger partial charge < -0.3 is 10.6 Å². The Morgan fingerprint density at radius 1 is 1.32 bits per heavy atom. The number of rotatable bonds is 3. The van der Waals surface area contributed by atoms with E-state index in [0.717, 1.165) is 12.1 Å². The fraction of sp³-hybridized carbons (Fsp3) is 0.0769. The van der Waals surface area contributed by atoms with E-state index in [1.165, 1.54) is 11.1 Å². The lowest BCUT2D eigenvalue weighted by Crippen LogP contribution is -2.16. The number of nitrogens with two attached hydrogens (primary N) is 1. The summed E-state index contributed by atoms with van der Waals surface area (Å²) in [6.07, 6.45) is 3.10. The summed E-state index contributed by atoms with van der Waals surface area (Å²) in [6.45, 7) is 0. The van der Waals surface area contributed by atoms with Crippen molar-refractivity contribution < 1.29 is 8.78 Å². The summed E-state index contributed by atoms with van der Waals surface area (Å²) >= 11 is 4.70. The lowest BCUT2D eigenvalue weighted by Gasteiger charge is -2.20. The monoisotopic (exact) mass is 279 g/mol. The number of pyridine rings is 1. The maximum absolute atomic E-state index is 14.0. The molecule has 2 rings (SSSR count). The molecular formula is C13H11F2N3S. The maximum Gasteiger partial charge on any atom is 0.150 e. The number of hydrogen-bond donors (Lipinski definition) is 1. The zero-order valence-corrected chi connectivity index (χ0v) is 10.9. The summed E-state index contributed by atoms with van der Waals surface area (Å²) in [7, 11) is 1.55. The third kappa shape index (κ3) is 2.68. The van der Waals surface area contributed by atoms with Crippen molar-refractivity contribution in [1.82, 2.24) is 4.98 Å². The van der Waals surface area contributed by atoms with Crippen molar-refractivity contribution in [3.63, 3.8) is 0 Å². The minimum Gasteiger partial charge on any atom is -0.389 e. The SMILES string of the molecule is CN(c1cccnc1)c1c(F)cc(C(N)=S)cc1F. The molecule has 1 aromatic carbocycles. The van der Waals surface area contributed by atoms with E-state index in [2.05, 4.69) is 4.98 Å². The molecule has 3 nitrogen and oxygen atoms in total. The Kier molecular flexibility index (Phi) is 3.71. The molecule has 0 amide bonds. The number of benzene rings is 1. The van der Waals surface area contributed by atoms with Crippen LogP contribution in [0.4, 0.5) is 20.2 Å². The molecule has 0 aliphatic carbocycles.